The Morgan fingerprint density at radius 1 is 1.12 bits per heavy atom. The van der Waals surface area contributed by atoms with Crippen molar-refractivity contribution < 1.29 is 8.42 Å². The number of aryl methyl sites for hydroxylation is 1. The van der Waals surface area contributed by atoms with Crippen LogP contribution in [0.1, 0.15) is 11.1 Å². The number of hydrogen-bond acceptors (Lipinski definition) is 3. The second-order valence-corrected chi connectivity index (χ2v) is 7.94. The van der Waals surface area contributed by atoms with E-state index in [0.29, 0.717) is 5.56 Å². The Labute approximate surface area is 150 Å². The number of fused-ring (bicyclic) bond motifs is 1. The molecule has 0 aliphatic rings. The van der Waals surface area contributed by atoms with Crippen LogP contribution in [0.4, 0.5) is 0 Å². The van der Waals surface area contributed by atoms with E-state index in [-0.39, 0.29) is 28.4 Å². The fourth-order valence-corrected chi connectivity index (χ4v) is 4.16. The van der Waals surface area contributed by atoms with Crippen LogP contribution in [0.25, 0.3) is 10.9 Å². The number of aromatic nitrogens is 1. The van der Waals surface area contributed by atoms with E-state index >= 15 is 0 Å². The molecule has 0 amide bonds. The van der Waals surface area contributed by atoms with Crippen LogP contribution in [0.15, 0.2) is 58.2 Å². The number of hydrogen-bond donors (Lipinski definition) is 2. The Kier molecular flexibility index (Phi) is 4.94. The second-order valence-electron chi connectivity index (χ2n) is 5.79. The molecule has 0 aliphatic carbocycles. The normalized spacial score (nSPS) is 11.8. The van der Waals surface area contributed by atoms with Crippen molar-refractivity contribution >= 4 is 32.5 Å². The molecule has 0 saturated carbocycles. The largest absolute Gasteiger partial charge is 0.322 e. The zero-order valence-electron chi connectivity index (χ0n) is 13.5. The second kappa shape index (κ2) is 7.00. The topological polar surface area (TPSA) is 79.0 Å². The quantitative estimate of drug-likeness (QED) is 0.718. The summed E-state index contributed by atoms with van der Waals surface area (Å²) in [5.74, 6) is 0. The lowest BCUT2D eigenvalue weighted by Crippen LogP contribution is -2.27. The number of rotatable bonds is 5. The molecule has 3 aromatic rings. The van der Waals surface area contributed by atoms with Gasteiger partial charge < -0.3 is 4.98 Å². The van der Waals surface area contributed by atoms with Gasteiger partial charge in [-0.05, 0) is 48.6 Å². The number of nitrogens with one attached hydrogen (secondary N) is 2. The van der Waals surface area contributed by atoms with Gasteiger partial charge >= 0.3 is 0 Å². The van der Waals surface area contributed by atoms with Crippen LogP contribution < -0.4 is 10.3 Å². The molecule has 0 aliphatic heterocycles. The Morgan fingerprint density at radius 2 is 1.88 bits per heavy atom. The molecular weight excluding hydrogens is 360 g/mol. The van der Waals surface area contributed by atoms with Crippen LogP contribution in [0, 0.1) is 6.92 Å². The van der Waals surface area contributed by atoms with Crippen molar-refractivity contribution in [2.24, 2.45) is 0 Å². The number of halogens is 1. The summed E-state index contributed by atoms with van der Waals surface area (Å²) in [4.78, 5) is 15.0. The van der Waals surface area contributed by atoms with Crippen molar-refractivity contribution in [3.63, 3.8) is 0 Å². The predicted molar refractivity (Wildman–Crippen MR) is 99.7 cm³/mol. The van der Waals surface area contributed by atoms with E-state index in [1.165, 1.54) is 12.1 Å². The first-order valence-electron chi connectivity index (χ1n) is 7.73. The molecule has 130 valence electrons. The van der Waals surface area contributed by atoms with Gasteiger partial charge in [-0.25, -0.2) is 13.1 Å². The van der Waals surface area contributed by atoms with Gasteiger partial charge in [-0.1, -0.05) is 35.9 Å². The van der Waals surface area contributed by atoms with Crippen molar-refractivity contribution in [1.82, 2.24) is 9.71 Å². The van der Waals surface area contributed by atoms with Gasteiger partial charge in [0.1, 0.15) is 4.90 Å². The molecule has 0 bridgehead atoms. The Hall–Kier alpha value is -2.15. The summed E-state index contributed by atoms with van der Waals surface area (Å²) in [5, 5.41) is 1.07. The standard InChI is InChI=1S/C18H17ClN2O3S/c1-12-6-7-13-11-14(18(22)21-16(13)10-12)8-9-20-25(23,24)17-5-3-2-4-15(17)19/h2-7,10-11,20H,8-9H2,1H3,(H,21,22). The molecule has 0 atom stereocenters. The number of sulfonamides is 1. The summed E-state index contributed by atoms with van der Waals surface area (Å²) in [6.45, 7) is 2.06. The Bertz CT molecular complexity index is 1090. The molecule has 1 aromatic heterocycles. The average Bonchev–Trinajstić information content (AvgIpc) is 2.55. The minimum absolute atomic E-state index is 0.0274. The van der Waals surface area contributed by atoms with Crippen molar-refractivity contribution in [3.05, 3.63) is 75.0 Å². The van der Waals surface area contributed by atoms with Gasteiger partial charge in [0.25, 0.3) is 5.56 Å². The lowest BCUT2D eigenvalue weighted by Gasteiger charge is -2.08. The minimum Gasteiger partial charge on any atom is -0.322 e. The SMILES string of the molecule is Cc1ccc2cc(CCNS(=O)(=O)c3ccccc3Cl)c(=O)[nH]c2c1. The summed E-state index contributed by atoms with van der Waals surface area (Å²) in [7, 11) is -3.72. The highest BCUT2D eigenvalue weighted by Crippen LogP contribution is 2.20. The van der Waals surface area contributed by atoms with Gasteiger partial charge in [-0.3, -0.25) is 4.79 Å². The maximum absolute atomic E-state index is 12.3. The minimum atomic E-state index is -3.72. The van der Waals surface area contributed by atoms with Gasteiger partial charge in [0, 0.05) is 17.6 Å². The van der Waals surface area contributed by atoms with E-state index in [9.17, 15) is 13.2 Å². The average molecular weight is 377 g/mol. The molecule has 7 heteroatoms. The first-order chi connectivity index (χ1) is 11.9. The summed E-state index contributed by atoms with van der Waals surface area (Å²) < 4.78 is 27.1. The number of H-pyrrole nitrogens is 1. The van der Waals surface area contributed by atoms with Crippen molar-refractivity contribution in [1.29, 1.82) is 0 Å². The highest BCUT2D eigenvalue weighted by molar-refractivity contribution is 7.89. The summed E-state index contributed by atoms with van der Waals surface area (Å²) in [6.07, 6.45) is 0.281. The maximum Gasteiger partial charge on any atom is 0.251 e. The Morgan fingerprint density at radius 3 is 2.64 bits per heavy atom. The highest BCUT2D eigenvalue weighted by atomic mass is 35.5. The van der Waals surface area contributed by atoms with E-state index in [1.54, 1.807) is 18.2 Å². The lowest BCUT2D eigenvalue weighted by atomic mass is 10.1. The zero-order valence-corrected chi connectivity index (χ0v) is 15.1. The predicted octanol–water partition coefficient (Wildman–Crippen LogP) is 3.01. The van der Waals surface area contributed by atoms with Crippen LogP contribution in [0.3, 0.4) is 0 Å². The van der Waals surface area contributed by atoms with Gasteiger partial charge in [0.05, 0.1) is 5.02 Å². The van der Waals surface area contributed by atoms with Crippen LogP contribution in [0.5, 0.6) is 0 Å². The fraction of sp³-hybridized carbons (Fsp3) is 0.167. The van der Waals surface area contributed by atoms with Gasteiger partial charge in [0.2, 0.25) is 10.0 Å². The molecule has 2 N–H and O–H groups in total. The van der Waals surface area contributed by atoms with E-state index in [1.807, 2.05) is 25.1 Å². The van der Waals surface area contributed by atoms with Gasteiger partial charge in [0.15, 0.2) is 0 Å². The third-order valence-electron chi connectivity index (χ3n) is 3.89. The van der Waals surface area contributed by atoms with E-state index in [2.05, 4.69) is 9.71 Å². The molecule has 1 heterocycles. The van der Waals surface area contributed by atoms with Crippen LogP contribution in [0.2, 0.25) is 5.02 Å². The smallest absolute Gasteiger partial charge is 0.251 e. The first-order valence-corrected chi connectivity index (χ1v) is 9.60. The third-order valence-corrected chi connectivity index (χ3v) is 5.85. The van der Waals surface area contributed by atoms with Crippen LogP contribution in [-0.4, -0.2) is 19.9 Å². The van der Waals surface area contributed by atoms with Crippen molar-refractivity contribution in [2.75, 3.05) is 6.54 Å². The molecule has 25 heavy (non-hydrogen) atoms. The molecule has 3 rings (SSSR count). The summed E-state index contributed by atoms with van der Waals surface area (Å²) in [5.41, 5.74) is 2.14. The number of pyridine rings is 1. The maximum atomic E-state index is 12.3. The van der Waals surface area contributed by atoms with E-state index in [0.717, 1.165) is 16.5 Å². The third kappa shape index (κ3) is 3.92. The van der Waals surface area contributed by atoms with Crippen LogP contribution in [-0.2, 0) is 16.4 Å². The monoisotopic (exact) mass is 376 g/mol. The molecule has 0 unspecified atom stereocenters. The van der Waals surface area contributed by atoms with Crippen molar-refractivity contribution in [2.45, 2.75) is 18.2 Å². The zero-order chi connectivity index (χ0) is 18.0. The number of aromatic amines is 1. The molecule has 0 spiro atoms. The molecule has 0 saturated heterocycles. The first kappa shape index (κ1) is 17.7. The lowest BCUT2D eigenvalue weighted by molar-refractivity contribution is 0.581. The summed E-state index contributed by atoms with van der Waals surface area (Å²) in [6, 6.07) is 13.8. The molecule has 2 aromatic carbocycles. The van der Waals surface area contributed by atoms with Crippen molar-refractivity contribution in [3.8, 4) is 0 Å². The molecular formula is C18H17ClN2O3S. The fourth-order valence-electron chi connectivity index (χ4n) is 2.61. The van der Waals surface area contributed by atoms with E-state index in [4.69, 9.17) is 11.6 Å². The number of benzene rings is 2. The highest BCUT2D eigenvalue weighted by Gasteiger charge is 2.16. The summed E-state index contributed by atoms with van der Waals surface area (Å²) >= 11 is 5.93. The van der Waals surface area contributed by atoms with Crippen LogP contribution >= 0.6 is 11.6 Å². The Balaban J connectivity index is 1.77. The van der Waals surface area contributed by atoms with E-state index < -0.39 is 10.0 Å². The molecule has 0 fully saturated rings. The van der Waals surface area contributed by atoms with Gasteiger partial charge in [-0.2, -0.15) is 0 Å². The molecule has 5 nitrogen and oxygen atoms in total. The molecule has 0 radical (unpaired) electrons. The van der Waals surface area contributed by atoms with Gasteiger partial charge in [-0.15, -0.1) is 0 Å².